The van der Waals surface area contributed by atoms with Gasteiger partial charge in [-0.15, -0.1) is 0 Å². The van der Waals surface area contributed by atoms with E-state index >= 15 is 0 Å². The number of halogens is 1. The van der Waals surface area contributed by atoms with Gasteiger partial charge in [-0.25, -0.2) is 12.8 Å². The molecule has 0 unspecified atom stereocenters. The summed E-state index contributed by atoms with van der Waals surface area (Å²) in [6.07, 6.45) is 0.840. The van der Waals surface area contributed by atoms with E-state index in [2.05, 4.69) is 0 Å². The fraction of sp³-hybridized carbons (Fsp3) is 0.500. The van der Waals surface area contributed by atoms with Crippen molar-refractivity contribution in [2.24, 2.45) is 0 Å². The molecule has 0 atom stereocenters. The highest BCUT2D eigenvalue weighted by Gasteiger charge is 2.43. The highest BCUT2D eigenvalue weighted by Crippen LogP contribution is 2.33. The molecule has 2 heterocycles. The topological polar surface area (TPSA) is 79.6 Å². The Balaban J connectivity index is 1.86. The van der Waals surface area contributed by atoms with Crippen LogP contribution < -0.4 is 0 Å². The van der Waals surface area contributed by atoms with E-state index in [-0.39, 0.29) is 23.5 Å². The molecule has 0 saturated carbocycles. The van der Waals surface area contributed by atoms with Crippen molar-refractivity contribution in [3.63, 3.8) is 0 Å². The minimum Gasteiger partial charge on any atom is -0.347 e. The van der Waals surface area contributed by atoms with Crippen molar-refractivity contribution in [1.29, 1.82) is 5.26 Å². The molecule has 22 heavy (non-hydrogen) atoms. The van der Waals surface area contributed by atoms with E-state index in [9.17, 15) is 12.8 Å². The summed E-state index contributed by atoms with van der Waals surface area (Å²) < 4.78 is 51.0. The van der Waals surface area contributed by atoms with Crippen LogP contribution in [0.4, 0.5) is 4.39 Å². The van der Waals surface area contributed by atoms with Crippen molar-refractivity contribution in [1.82, 2.24) is 4.31 Å². The SMILES string of the molecule is N#Cc1ccc(F)cc1S(=O)(=O)N1CCC2(CC1)OCCO2. The molecule has 1 aromatic carbocycles. The van der Waals surface area contributed by atoms with E-state index in [1.165, 1.54) is 10.4 Å². The number of piperidine rings is 1. The molecule has 118 valence electrons. The predicted molar refractivity (Wildman–Crippen MR) is 73.7 cm³/mol. The molecule has 1 spiro atoms. The number of benzene rings is 1. The van der Waals surface area contributed by atoms with Crippen molar-refractivity contribution in [2.45, 2.75) is 23.5 Å². The Hall–Kier alpha value is -1.53. The van der Waals surface area contributed by atoms with Crippen molar-refractivity contribution in [3.8, 4) is 6.07 Å². The molecule has 0 radical (unpaired) electrons. The van der Waals surface area contributed by atoms with Crippen molar-refractivity contribution in [3.05, 3.63) is 29.6 Å². The molecule has 0 aliphatic carbocycles. The maximum Gasteiger partial charge on any atom is 0.244 e. The fourth-order valence-electron chi connectivity index (χ4n) is 2.79. The summed E-state index contributed by atoms with van der Waals surface area (Å²) in [5, 5.41) is 9.04. The van der Waals surface area contributed by atoms with Crippen LogP contribution in [0.3, 0.4) is 0 Å². The molecule has 2 saturated heterocycles. The molecular weight excluding hydrogens is 311 g/mol. The molecule has 0 bridgehead atoms. The lowest BCUT2D eigenvalue weighted by Gasteiger charge is -2.36. The van der Waals surface area contributed by atoms with Crippen LogP contribution in [-0.4, -0.2) is 44.8 Å². The quantitative estimate of drug-likeness (QED) is 0.816. The molecule has 2 aliphatic rings. The molecule has 0 N–H and O–H groups in total. The van der Waals surface area contributed by atoms with Gasteiger partial charge in [-0.2, -0.15) is 9.57 Å². The van der Waals surface area contributed by atoms with Gasteiger partial charge in [0.2, 0.25) is 10.0 Å². The van der Waals surface area contributed by atoms with Crippen molar-refractivity contribution >= 4 is 10.0 Å². The molecule has 2 aliphatic heterocycles. The van der Waals surface area contributed by atoms with Gasteiger partial charge < -0.3 is 9.47 Å². The number of nitriles is 1. The summed E-state index contributed by atoms with van der Waals surface area (Å²) in [7, 11) is -3.91. The number of rotatable bonds is 2. The normalized spacial score (nSPS) is 21.8. The minimum absolute atomic E-state index is 0.0601. The third kappa shape index (κ3) is 2.61. The number of sulfonamides is 1. The standard InChI is InChI=1S/C14H15FN2O4S/c15-12-2-1-11(10-16)13(9-12)22(18,19)17-5-3-14(4-6-17)20-7-8-21-14/h1-2,9H,3-8H2. The lowest BCUT2D eigenvalue weighted by molar-refractivity contribution is -0.179. The summed E-state index contributed by atoms with van der Waals surface area (Å²) >= 11 is 0. The van der Waals surface area contributed by atoms with Gasteiger partial charge in [-0.05, 0) is 18.2 Å². The molecule has 1 aromatic rings. The molecule has 6 nitrogen and oxygen atoms in total. The Labute approximate surface area is 128 Å². The Bertz CT molecular complexity index is 713. The van der Waals surface area contributed by atoms with Crippen LogP contribution in [0.15, 0.2) is 23.1 Å². The average molecular weight is 326 g/mol. The van der Waals surface area contributed by atoms with E-state index in [1.807, 2.05) is 0 Å². The Kier molecular flexibility index (Phi) is 3.91. The third-order valence-corrected chi connectivity index (χ3v) is 5.92. The van der Waals surface area contributed by atoms with Crippen molar-refractivity contribution in [2.75, 3.05) is 26.3 Å². The van der Waals surface area contributed by atoms with E-state index < -0.39 is 21.6 Å². The first-order valence-electron chi connectivity index (χ1n) is 6.95. The van der Waals surface area contributed by atoms with Crippen LogP contribution in [0.25, 0.3) is 0 Å². The molecule has 0 amide bonds. The summed E-state index contributed by atoms with van der Waals surface area (Å²) in [6, 6.07) is 4.93. The molecule has 0 aromatic heterocycles. The summed E-state index contributed by atoms with van der Waals surface area (Å²) in [5.41, 5.74) is -0.0601. The maximum absolute atomic E-state index is 13.4. The molecule has 2 fully saturated rings. The first kappa shape index (κ1) is 15.4. The third-order valence-electron chi connectivity index (χ3n) is 3.98. The summed E-state index contributed by atoms with van der Waals surface area (Å²) in [5.74, 6) is -1.38. The van der Waals surface area contributed by atoms with E-state index in [1.54, 1.807) is 6.07 Å². The second kappa shape index (κ2) is 5.59. The van der Waals surface area contributed by atoms with Crippen LogP contribution in [0, 0.1) is 17.1 Å². The van der Waals surface area contributed by atoms with Crippen molar-refractivity contribution < 1.29 is 22.3 Å². The van der Waals surface area contributed by atoms with E-state index in [0.29, 0.717) is 26.1 Å². The number of nitrogens with zero attached hydrogens (tertiary/aromatic N) is 2. The fourth-order valence-corrected chi connectivity index (χ4v) is 4.39. The highest BCUT2D eigenvalue weighted by atomic mass is 32.2. The first-order valence-corrected chi connectivity index (χ1v) is 8.39. The molecular formula is C14H15FN2O4S. The summed E-state index contributed by atoms with van der Waals surface area (Å²) in [6.45, 7) is 1.44. The van der Waals surface area contributed by atoms with Crippen LogP contribution in [0.5, 0.6) is 0 Å². The largest absolute Gasteiger partial charge is 0.347 e. The highest BCUT2D eigenvalue weighted by molar-refractivity contribution is 7.89. The van der Waals surface area contributed by atoms with Crippen LogP contribution >= 0.6 is 0 Å². The van der Waals surface area contributed by atoms with Gasteiger partial charge in [0.1, 0.15) is 16.8 Å². The molecule has 3 rings (SSSR count). The van der Waals surface area contributed by atoms with Gasteiger partial charge in [0.15, 0.2) is 5.79 Å². The van der Waals surface area contributed by atoms with Crippen LogP contribution in [0.2, 0.25) is 0 Å². The Morgan fingerprint density at radius 3 is 2.45 bits per heavy atom. The first-order chi connectivity index (χ1) is 10.5. The van der Waals surface area contributed by atoms with E-state index in [4.69, 9.17) is 14.7 Å². The van der Waals surface area contributed by atoms with Crippen LogP contribution in [0.1, 0.15) is 18.4 Å². The lowest BCUT2D eigenvalue weighted by Crippen LogP contribution is -2.47. The van der Waals surface area contributed by atoms with Crippen LogP contribution in [-0.2, 0) is 19.5 Å². The maximum atomic E-state index is 13.4. The zero-order chi connectivity index (χ0) is 15.8. The zero-order valence-corrected chi connectivity index (χ0v) is 12.6. The smallest absolute Gasteiger partial charge is 0.244 e. The number of hydrogen-bond donors (Lipinski definition) is 0. The van der Waals surface area contributed by atoms with Gasteiger partial charge in [-0.1, -0.05) is 0 Å². The van der Waals surface area contributed by atoms with Gasteiger partial charge in [-0.3, -0.25) is 0 Å². The minimum atomic E-state index is -3.91. The van der Waals surface area contributed by atoms with Gasteiger partial charge in [0.05, 0.1) is 18.8 Å². The van der Waals surface area contributed by atoms with Gasteiger partial charge in [0.25, 0.3) is 0 Å². The van der Waals surface area contributed by atoms with Gasteiger partial charge in [0, 0.05) is 25.9 Å². The number of ether oxygens (including phenoxy) is 2. The van der Waals surface area contributed by atoms with Gasteiger partial charge >= 0.3 is 0 Å². The summed E-state index contributed by atoms with van der Waals surface area (Å²) in [4.78, 5) is -0.292. The number of hydrogen-bond acceptors (Lipinski definition) is 5. The molecule has 8 heteroatoms. The second-order valence-electron chi connectivity index (χ2n) is 5.26. The Morgan fingerprint density at radius 2 is 1.86 bits per heavy atom. The van der Waals surface area contributed by atoms with E-state index in [0.717, 1.165) is 12.1 Å². The zero-order valence-electron chi connectivity index (χ0n) is 11.8. The predicted octanol–water partition coefficient (Wildman–Crippen LogP) is 1.22. The average Bonchev–Trinajstić information content (AvgIpc) is 2.96. The lowest BCUT2D eigenvalue weighted by atomic mass is 10.1. The Morgan fingerprint density at radius 1 is 1.23 bits per heavy atom. The monoisotopic (exact) mass is 326 g/mol. The second-order valence-corrected chi connectivity index (χ2v) is 7.17.